The van der Waals surface area contributed by atoms with Gasteiger partial charge in [-0.3, -0.25) is 14.9 Å². The van der Waals surface area contributed by atoms with Crippen molar-refractivity contribution < 1.29 is 4.79 Å². The average Bonchev–Trinajstić information content (AvgIpc) is 2.89. The molecule has 0 atom stereocenters. The summed E-state index contributed by atoms with van der Waals surface area (Å²) < 4.78 is 2.59. The van der Waals surface area contributed by atoms with Crippen molar-refractivity contribution in [3.8, 4) is 11.3 Å². The zero-order valence-electron chi connectivity index (χ0n) is 12.1. The van der Waals surface area contributed by atoms with Crippen LogP contribution in [0.1, 0.15) is 16.1 Å². The Morgan fingerprint density at radius 1 is 0.955 bits per heavy atom. The molecule has 4 heteroatoms. The molecule has 0 aliphatic heterocycles. The Kier molecular flexibility index (Phi) is 4.11. The summed E-state index contributed by atoms with van der Waals surface area (Å²) in [5.41, 5.74) is 6.56. The van der Waals surface area contributed by atoms with Gasteiger partial charge in [-0.15, -0.1) is 0 Å². The molecule has 3 aromatic rings. The van der Waals surface area contributed by atoms with Crippen LogP contribution >= 0.6 is 15.9 Å². The van der Waals surface area contributed by atoms with E-state index >= 15 is 0 Å². The number of carbonyl (C=O) groups is 1. The molecule has 1 amide bonds. The summed E-state index contributed by atoms with van der Waals surface area (Å²) in [7, 11) is 0. The van der Waals surface area contributed by atoms with Crippen molar-refractivity contribution in [2.75, 3.05) is 5.43 Å². The van der Waals surface area contributed by atoms with Crippen LogP contribution in [0.5, 0.6) is 0 Å². The summed E-state index contributed by atoms with van der Waals surface area (Å²) in [6.45, 7) is 1.97. The smallest absolute Gasteiger partial charge is 0.267 e. The SMILES string of the molecule is Cc1ccc(-c2ccccc2)n1NC(=O)c1ccccc1Br. The number of carbonyl (C=O) groups excluding carboxylic acids is 1. The van der Waals surface area contributed by atoms with Gasteiger partial charge in [-0.25, -0.2) is 0 Å². The molecule has 0 aliphatic carbocycles. The van der Waals surface area contributed by atoms with Crippen LogP contribution in [0.2, 0.25) is 0 Å². The molecule has 0 unspecified atom stereocenters. The minimum absolute atomic E-state index is 0.149. The number of nitrogens with zero attached hydrogens (tertiary/aromatic N) is 1. The molecule has 110 valence electrons. The van der Waals surface area contributed by atoms with E-state index in [1.165, 1.54) is 0 Å². The third-order valence-electron chi connectivity index (χ3n) is 3.48. The van der Waals surface area contributed by atoms with Gasteiger partial charge in [0, 0.05) is 15.7 Å². The molecule has 1 N–H and O–H groups in total. The van der Waals surface area contributed by atoms with E-state index < -0.39 is 0 Å². The second kappa shape index (κ2) is 6.20. The molecule has 3 rings (SSSR count). The summed E-state index contributed by atoms with van der Waals surface area (Å²) in [6.07, 6.45) is 0. The molecule has 22 heavy (non-hydrogen) atoms. The quantitative estimate of drug-likeness (QED) is 0.732. The molecular formula is C18H15BrN2O. The van der Waals surface area contributed by atoms with Crippen molar-refractivity contribution in [1.82, 2.24) is 4.68 Å². The minimum atomic E-state index is -0.149. The molecule has 2 aromatic carbocycles. The lowest BCUT2D eigenvalue weighted by atomic mass is 10.2. The molecule has 0 spiro atoms. The summed E-state index contributed by atoms with van der Waals surface area (Å²) in [5, 5.41) is 0. The third kappa shape index (κ3) is 2.83. The summed E-state index contributed by atoms with van der Waals surface area (Å²) in [6, 6.07) is 21.4. The number of aromatic nitrogens is 1. The Labute approximate surface area is 137 Å². The van der Waals surface area contributed by atoms with E-state index in [9.17, 15) is 4.79 Å². The van der Waals surface area contributed by atoms with Crippen molar-refractivity contribution in [2.24, 2.45) is 0 Å². The molecule has 1 aromatic heterocycles. The summed E-state index contributed by atoms with van der Waals surface area (Å²) in [4.78, 5) is 12.5. The molecule has 0 saturated heterocycles. The highest BCUT2D eigenvalue weighted by molar-refractivity contribution is 9.10. The Morgan fingerprint density at radius 3 is 2.36 bits per heavy atom. The lowest BCUT2D eigenvalue weighted by Gasteiger charge is -2.14. The van der Waals surface area contributed by atoms with E-state index in [-0.39, 0.29) is 5.91 Å². The van der Waals surface area contributed by atoms with Crippen LogP contribution in [-0.2, 0) is 0 Å². The van der Waals surface area contributed by atoms with Gasteiger partial charge in [0.2, 0.25) is 0 Å². The van der Waals surface area contributed by atoms with Crippen LogP contribution in [0.3, 0.4) is 0 Å². The van der Waals surface area contributed by atoms with Gasteiger partial charge in [0.25, 0.3) is 5.91 Å². The van der Waals surface area contributed by atoms with Gasteiger partial charge in [0.1, 0.15) is 0 Å². The first-order valence-corrected chi connectivity index (χ1v) is 7.76. The molecular weight excluding hydrogens is 340 g/mol. The van der Waals surface area contributed by atoms with Crippen molar-refractivity contribution >= 4 is 21.8 Å². The zero-order chi connectivity index (χ0) is 15.5. The lowest BCUT2D eigenvalue weighted by molar-refractivity contribution is 0.101. The number of halogens is 1. The standard InChI is InChI=1S/C18H15BrN2O/c1-13-11-12-17(14-7-3-2-4-8-14)21(13)20-18(22)15-9-5-6-10-16(15)19/h2-12H,1H3,(H,20,22). The van der Waals surface area contributed by atoms with E-state index in [1.807, 2.05) is 72.3 Å². The molecule has 0 radical (unpaired) electrons. The first kappa shape index (κ1) is 14.6. The van der Waals surface area contributed by atoms with Crippen LogP contribution < -0.4 is 5.43 Å². The van der Waals surface area contributed by atoms with Crippen molar-refractivity contribution in [3.05, 3.63) is 82.5 Å². The van der Waals surface area contributed by atoms with Crippen LogP contribution in [0.4, 0.5) is 0 Å². The van der Waals surface area contributed by atoms with Gasteiger partial charge < -0.3 is 0 Å². The van der Waals surface area contributed by atoms with E-state index in [0.717, 1.165) is 21.4 Å². The first-order chi connectivity index (χ1) is 10.7. The number of benzene rings is 2. The number of nitrogens with one attached hydrogen (secondary N) is 1. The van der Waals surface area contributed by atoms with Crippen molar-refractivity contribution in [1.29, 1.82) is 0 Å². The summed E-state index contributed by atoms with van der Waals surface area (Å²) >= 11 is 3.41. The molecule has 1 heterocycles. The maximum atomic E-state index is 12.5. The van der Waals surface area contributed by atoms with E-state index in [2.05, 4.69) is 21.4 Å². The molecule has 3 nitrogen and oxygen atoms in total. The Balaban J connectivity index is 1.95. The average molecular weight is 355 g/mol. The normalized spacial score (nSPS) is 10.5. The fourth-order valence-corrected chi connectivity index (χ4v) is 2.79. The number of aryl methyl sites for hydroxylation is 1. The number of hydrogen-bond acceptors (Lipinski definition) is 1. The predicted octanol–water partition coefficient (Wildman–Crippen LogP) is 4.61. The maximum absolute atomic E-state index is 12.5. The maximum Gasteiger partial charge on any atom is 0.271 e. The number of amides is 1. The highest BCUT2D eigenvalue weighted by atomic mass is 79.9. The third-order valence-corrected chi connectivity index (χ3v) is 4.17. The molecule has 0 aliphatic rings. The van der Waals surface area contributed by atoms with Gasteiger partial charge in [-0.1, -0.05) is 42.5 Å². The monoisotopic (exact) mass is 354 g/mol. The predicted molar refractivity (Wildman–Crippen MR) is 92.4 cm³/mol. The zero-order valence-corrected chi connectivity index (χ0v) is 13.7. The van der Waals surface area contributed by atoms with E-state index in [4.69, 9.17) is 0 Å². The van der Waals surface area contributed by atoms with Gasteiger partial charge >= 0.3 is 0 Å². The lowest BCUT2D eigenvalue weighted by Crippen LogP contribution is -2.24. The van der Waals surface area contributed by atoms with Crippen LogP contribution in [-0.4, -0.2) is 10.6 Å². The van der Waals surface area contributed by atoms with Crippen molar-refractivity contribution in [2.45, 2.75) is 6.92 Å². The highest BCUT2D eigenvalue weighted by Gasteiger charge is 2.13. The van der Waals surface area contributed by atoms with Crippen LogP contribution in [0, 0.1) is 6.92 Å². The number of rotatable bonds is 3. The molecule has 0 saturated carbocycles. The topological polar surface area (TPSA) is 34.0 Å². The second-order valence-corrected chi connectivity index (χ2v) is 5.84. The van der Waals surface area contributed by atoms with Crippen LogP contribution in [0.15, 0.2) is 71.2 Å². The Morgan fingerprint density at radius 2 is 1.64 bits per heavy atom. The first-order valence-electron chi connectivity index (χ1n) is 6.96. The van der Waals surface area contributed by atoms with Crippen molar-refractivity contribution in [3.63, 3.8) is 0 Å². The second-order valence-electron chi connectivity index (χ2n) is 4.98. The van der Waals surface area contributed by atoms with Crippen LogP contribution in [0.25, 0.3) is 11.3 Å². The fourth-order valence-electron chi connectivity index (χ4n) is 2.33. The van der Waals surface area contributed by atoms with E-state index in [0.29, 0.717) is 5.56 Å². The van der Waals surface area contributed by atoms with Gasteiger partial charge in [-0.05, 0) is 47.1 Å². The van der Waals surface area contributed by atoms with Gasteiger partial charge in [0.05, 0.1) is 11.3 Å². The summed E-state index contributed by atoms with van der Waals surface area (Å²) in [5.74, 6) is -0.149. The Hall–Kier alpha value is -2.33. The van der Waals surface area contributed by atoms with Gasteiger partial charge in [-0.2, -0.15) is 0 Å². The molecule has 0 fully saturated rings. The largest absolute Gasteiger partial charge is 0.271 e. The van der Waals surface area contributed by atoms with E-state index in [1.54, 1.807) is 6.07 Å². The Bertz CT molecular complexity index is 809. The highest BCUT2D eigenvalue weighted by Crippen LogP contribution is 2.22. The number of hydrogen-bond donors (Lipinski definition) is 1. The van der Waals surface area contributed by atoms with Gasteiger partial charge in [0.15, 0.2) is 0 Å². The minimum Gasteiger partial charge on any atom is -0.267 e. The molecule has 0 bridgehead atoms. The fraction of sp³-hybridized carbons (Fsp3) is 0.0556.